The fraction of sp³-hybridized carbons (Fsp3) is 0.227. The molecule has 152 valence electrons. The molecule has 30 heavy (non-hydrogen) atoms. The van der Waals surface area contributed by atoms with E-state index in [1.807, 2.05) is 19.1 Å². The van der Waals surface area contributed by atoms with E-state index in [1.165, 1.54) is 0 Å². The van der Waals surface area contributed by atoms with Gasteiger partial charge in [-0.15, -0.1) is 0 Å². The molecule has 1 aromatic heterocycles. The number of nitrogens with one attached hydrogen (secondary N) is 1. The van der Waals surface area contributed by atoms with E-state index < -0.39 is 5.92 Å². The first kappa shape index (κ1) is 18.7. The van der Waals surface area contributed by atoms with Crippen molar-refractivity contribution in [3.8, 4) is 17.2 Å². The molecule has 2 aromatic carbocycles. The zero-order chi connectivity index (χ0) is 20.8. The number of carbonyl (C=O) groups excluding carboxylic acids is 2. The van der Waals surface area contributed by atoms with Crippen LogP contribution in [0.1, 0.15) is 34.0 Å². The van der Waals surface area contributed by atoms with Crippen molar-refractivity contribution in [3.05, 3.63) is 64.3 Å². The molecule has 8 heteroatoms. The number of aromatic nitrogens is 2. The minimum Gasteiger partial charge on any atom is -0.486 e. The number of hydrogen-bond acceptors (Lipinski definition) is 5. The summed E-state index contributed by atoms with van der Waals surface area (Å²) in [6, 6.07) is 12.3. The first-order valence-electron chi connectivity index (χ1n) is 9.60. The second-order valence-electron chi connectivity index (χ2n) is 7.26. The minimum absolute atomic E-state index is 0.0629. The van der Waals surface area contributed by atoms with Gasteiger partial charge in [-0.3, -0.25) is 9.59 Å². The van der Waals surface area contributed by atoms with Crippen LogP contribution >= 0.6 is 11.6 Å². The van der Waals surface area contributed by atoms with Crippen molar-refractivity contribution < 1.29 is 19.1 Å². The number of benzene rings is 2. The number of ether oxygens (including phenoxy) is 2. The Balaban J connectivity index is 1.56. The van der Waals surface area contributed by atoms with Crippen LogP contribution in [0.3, 0.4) is 0 Å². The average Bonchev–Trinajstić information content (AvgIpc) is 3.09. The summed E-state index contributed by atoms with van der Waals surface area (Å²) < 4.78 is 12.8. The van der Waals surface area contributed by atoms with Gasteiger partial charge in [-0.25, -0.2) is 4.68 Å². The molecule has 5 rings (SSSR count). The van der Waals surface area contributed by atoms with E-state index in [0.29, 0.717) is 46.8 Å². The Bertz CT molecular complexity index is 1170. The maximum Gasteiger partial charge on any atom is 0.226 e. The summed E-state index contributed by atoms with van der Waals surface area (Å²) in [4.78, 5) is 25.9. The molecule has 2 aliphatic heterocycles. The van der Waals surface area contributed by atoms with Gasteiger partial charge in [-0.1, -0.05) is 11.6 Å². The van der Waals surface area contributed by atoms with Gasteiger partial charge in [-0.05, 0) is 49.4 Å². The Kier molecular flexibility index (Phi) is 4.47. The van der Waals surface area contributed by atoms with Crippen LogP contribution in [0.25, 0.3) is 5.69 Å². The van der Waals surface area contributed by atoms with E-state index in [1.54, 1.807) is 35.0 Å². The highest BCUT2D eigenvalue weighted by molar-refractivity contribution is 6.30. The maximum atomic E-state index is 13.4. The third-order valence-corrected chi connectivity index (χ3v) is 5.57. The van der Waals surface area contributed by atoms with Crippen LogP contribution in [0.15, 0.2) is 42.5 Å². The summed E-state index contributed by atoms with van der Waals surface area (Å²) in [6.45, 7) is 2.76. The van der Waals surface area contributed by atoms with Crippen LogP contribution in [-0.2, 0) is 4.79 Å². The average molecular weight is 424 g/mol. The molecule has 0 radical (unpaired) electrons. The van der Waals surface area contributed by atoms with Gasteiger partial charge in [-0.2, -0.15) is 5.10 Å². The summed E-state index contributed by atoms with van der Waals surface area (Å²) >= 11 is 5.99. The number of anilines is 1. The lowest BCUT2D eigenvalue weighted by Crippen LogP contribution is -2.28. The standard InChI is InChI=1S/C22H18ClN3O4/c1-12-20-16(21(28)13-2-7-17-18(10-13)30-9-8-29-17)11-19(27)24-22(20)26(25-12)15-5-3-14(23)4-6-15/h2-7,10,16H,8-9,11H2,1H3,(H,24,27)/t16-/m1/s1. The molecule has 1 atom stereocenters. The SMILES string of the molecule is Cc1nn(-c2ccc(Cl)cc2)c2c1[C@H](C(=O)c1ccc3c(c1)OCCO3)CC(=O)N2. The third-order valence-electron chi connectivity index (χ3n) is 5.32. The molecule has 0 aliphatic carbocycles. The van der Waals surface area contributed by atoms with Gasteiger partial charge >= 0.3 is 0 Å². The lowest BCUT2D eigenvalue weighted by molar-refractivity contribution is -0.116. The second-order valence-corrected chi connectivity index (χ2v) is 7.70. The van der Waals surface area contributed by atoms with Gasteiger partial charge in [0.05, 0.1) is 17.3 Å². The highest BCUT2D eigenvalue weighted by Gasteiger charge is 2.36. The van der Waals surface area contributed by atoms with Gasteiger partial charge in [0.25, 0.3) is 0 Å². The summed E-state index contributed by atoms with van der Waals surface area (Å²) in [5, 5.41) is 8.07. The number of amides is 1. The lowest BCUT2D eigenvalue weighted by Gasteiger charge is -2.24. The maximum absolute atomic E-state index is 13.4. The van der Waals surface area contributed by atoms with Gasteiger partial charge in [0.2, 0.25) is 5.91 Å². The lowest BCUT2D eigenvalue weighted by atomic mass is 9.85. The fourth-order valence-electron chi connectivity index (χ4n) is 3.94. The Morgan fingerprint density at radius 1 is 1.13 bits per heavy atom. The molecule has 0 spiro atoms. The number of carbonyl (C=O) groups is 2. The molecule has 2 aliphatic rings. The van der Waals surface area contributed by atoms with Gasteiger partial charge in [0, 0.05) is 22.6 Å². The Labute approximate surface area is 177 Å². The molecule has 0 saturated heterocycles. The van der Waals surface area contributed by atoms with Crippen molar-refractivity contribution in [1.82, 2.24) is 9.78 Å². The van der Waals surface area contributed by atoms with E-state index in [2.05, 4.69) is 10.4 Å². The van der Waals surface area contributed by atoms with Crippen molar-refractivity contribution in [1.29, 1.82) is 0 Å². The number of Topliss-reactive ketones (excluding diaryl/α,β-unsaturated/α-hetero) is 1. The van der Waals surface area contributed by atoms with Gasteiger partial charge < -0.3 is 14.8 Å². The number of fused-ring (bicyclic) bond motifs is 2. The third kappa shape index (κ3) is 3.11. The molecule has 3 heterocycles. The molecule has 3 aromatic rings. The summed E-state index contributed by atoms with van der Waals surface area (Å²) in [5.74, 6) is 0.669. The van der Waals surface area contributed by atoms with E-state index in [9.17, 15) is 9.59 Å². The predicted molar refractivity (Wildman–Crippen MR) is 111 cm³/mol. The van der Waals surface area contributed by atoms with E-state index in [4.69, 9.17) is 21.1 Å². The molecule has 0 fully saturated rings. The normalized spacial score (nSPS) is 17.3. The topological polar surface area (TPSA) is 82.5 Å². The number of ketones is 1. The molecule has 7 nitrogen and oxygen atoms in total. The Morgan fingerprint density at radius 3 is 2.63 bits per heavy atom. The molecule has 0 unspecified atom stereocenters. The van der Waals surface area contributed by atoms with Gasteiger partial charge in [0.1, 0.15) is 19.0 Å². The van der Waals surface area contributed by atoms with Crippen molar-refractivity contribution in [3.63, 3.8) is 0 Å². The largest absolute Gasteiger partial charge is 0.486 e. The zero-order valence-corrected chi connectivity index (χ0v) is 16.9. The monoisotopic (exact) mass is 423 g/mol. The number of hydrogen-bond donors (Lipinski definition) is 1. The predicted octanol–water partition coefficient (Wildman–Crippen LogP) is 3.91. The number of halogens is 1. The number of rotatable bonds is 3. The Hall–Kier alpha value is -3.32. The highest BCUT2D eigenvalue weighted by atomic mass is 35.5. The van der Waals surface area contributed by atoms with Gasteiger partial charge in [0.15, 0.2) is 17.3 Å². The fourth-order valence-corrected chi connectivity index (χ4v) is 4.06. The summed E-state index contributed by atoms with van der Waals surface area (Å²) in [7, 11) is 0. The molecule has 0 saturated carbocycles. The van der Waals surface area contributed by atoms with Crippen LogP contribution in [-0.4, -0.2) is 34.7 Å². The minimum atomic E-state index is -0.627. The smallest absolute Gasteiger partial charge is 0.226 e. The quantitative estimate of drug-likeness (QED) is 0.646. The number of nitrogens with zero attached hydrogens (tertiary/aromatic N) is 2. The summed E-state index contributed by atoms with van der Waals surface area (Å²) in [6.07, 6.45) is 0.0629. The molecule has 0 bridgehead atoms. The van der Waals surface area contributed by atoms with E-state index in [0.717, 1.165) is 11.3 Å². The first-order valence-corrected chi connectivity index (χ1v) is 9.98. The van der Waals surface area contributed by atoms with E-state index >= 15 is 0 Å². The molecular formula is C22H18ClN3O4. The van der Waals surface area contributed by atoms with Crippen LogP contribution in [0, 0.1) is 6.92 Å². The van der Waals surface area contributed by atoms with Crippen molar-refractivity contribution in [2.45, 2.75) is 19.3 Å². The molecule has 1 amide bonds. The van der Waals surface area contributed by atoms with Crippen molar-refractivity contribution >= 4 is 29.1 Å². The number of aryl methyl sites for hydroxylation is 1. The van der Waals surface area contributed by atoms with Crippen LogP contribution in [0.2, 0.25) is 5.02 Å². The summed E-state index contributed by atoms with van der Waals surface area (Å²) in [5.41, 5.74) is 2.64. The molecule has 1 N–H and O–H groups in total. The van der Waals surface area contributed by atoms with Crippen molar-refractivity contribution in [2.24, 2.45) is 0 Å². The second kappa shape index (κ2) is 7.18. The Morgan fingerprint density at radius 2 is 1.87 bits per heavy atom. The van der Waals surface area contributed by atoms with Crippen LogP contribution in [0.5, 0.6) is 11.5 Å². The van der Waals surface area contributed by atoms with E-state index in [-0.39, 0.29) is 18.1 Å². The first-order chi connectivity index (χ1) is 14.5. The van der Waals surface area contributed by atoms with Crippen LogP contribution in [0.4, 0.5) is 5.82 Å². The zero-order valence-electron chi connectivity index (χ0n) is 16.1. The highest BCUT2D eigenvalue weighted by Crippen LogP contribution is 2.39. The molecular weight excluding hydrogens is 406 g/mol. The van der Waals surface area contributed by atoms with Crippen molar-refractivity contribution in [2.75, 3.05) is 18.5 Å². The van der Waals surface area contributed by atoms with Crippen LogP contribution < -0.4 is 14.8 Å².